The third-order valence-corrected chi connectivity index (χ3v) is 10.5. The number of amides is 1. The van der Waals surface area contributed by atoms with E-state index < -0.39 is 0 Å². The number of pyridine rings is 1. The highest BCUT2D eigenvalue weighted by Gasteiger charge is 2.71. The van der Waals surface area contributed by atoms with E-state index in [0.29, 0.717) is 23.2 Å². The van der Waals surface area contributed by atoms with Gasteiger partial charge in [-0.3, -0.25) is 10.1 Å². The van der Waals surface area contributed by atoms with Crippen LogP contribution < -0.4 is 5.32 Å². The Labute approximate surface area is 218 Å². The SMILES string of the molecule is CC(C)CC12CCCCCCCCCC(c3cccc4nc(NC(=O)C5CC5)nn34)(C1)C2(C)C(C)C. The lowest BCUT2D eigenvalue weighted by Crippen LogP contribution is -2.69. The van der Waals surface area contributed by atoms with E-state index in [-0.39, 0.29) is 22.7 Å². The van der Waals surface area contributed by atoms with Crippen LogP contribution in [0.15, 0.2) is 18.2 Å². The molecule has 4 aliphatic rings. The lowest BCUT2D eigenvalue weighted by molar-refractivity contribution is -0.209. The van der Waals surface area contributed by atoms with Crippen molar-refractivity contribution < 1.29 is 4.79 Å². The molecule has 4 aliphatic carbocycles. The number of nitrogens with one attached hydrogen (secondary N) is 1. The number of fused-ring (bicyclic) bond motifs is 9. The number of aromatic nitrogens is 3. The molecular formula is C31H48N4O. The topological polar surface area (TPSA) is 59.3 Å². The molecule has 4 fully saturated rings. The highest BCUT2D eigenvalue weighted by molar-refractivity contribution is 5.92. The number of hydrogen-bond acceptors (Lipinski definition) is 3. The molecule has 1 N–H and O–H groups in total. The van der Waals surface area contributed by atoms with Crippen molar-refractivity contribution in [2.24, 2.45) is 28.6 Å². The monoisotopic (exact) mass is 492 g/mol. The average Bonchev–Trinajstić information content (AvgIpc) is 3.59. The molecular weight excluding hydrogens is 444 g/mol. The normalized spacial score (nSPS) is 31.6. The van der Waals surface area contributed by atoms with Crippen LogP contribution in [0.4, 0.5) is 5.95 Å². The van der Waals surface area contributed by atoms with Gasteiger partial charge in [0.2, 0.25) is 11.9 Å². The summed E-state index contributed by atoms with van der Waals surface area (Å²) in [4.78, 5) is 17.2. The van der Waals surface area contributed by atoms with Gasteiger partial charge in [0, 0.05) is 11.3 Å². The number of rotatable bonds is 6. The first-order valence-corrected chi connectivity index (χ1v) is 14.9. The van der Waals surface area contributed by atoms with Gasteiger partial charge in [0.05, 0.1) is 5.69 Å². The minimum atomic E-state index is 0.0697. The summed E-state index contributed by atoms with van der Waals surface area (Å²) in [6, 6.07) is 6.53. The van der Waals surface area contributed by atoms with Crippen molar-refractivity contribution in [2.45, 2.75) is 124 Å². The summed E-state index contributed by atoms with van der Waals surface area (Å²) in [5, 5.41) is 7.92. The lowest BCUT2D eigenvalue weighted by atomic mass is 9.30. The van der Waals surface area contributed by atoms with Crippen LogP contribution in [-0.2, 0) is 10.2 Å². The second-order valence-corrected chi connectivity index (χ2v) is 13.3. The Hall–Kier alpha value is -1.91. The molecule has 2 aromatic heterocycles. The number of anilines is 1. The Balaban J connectivity index is 1.61. The zero-order chi connectivity index (χ0) is 25.6. The summed E-state index contributed by atoms with van der Waals surface area (Å²) in [7, 11) is 0. The van der Waals surface area contributed by atoms with Crippen LogP contribution >= 0.6 is 0 Å². The van der Waals surface area contributed by atoms with Gasteiger partial charge in [0.1, 0.15) is 0 Å². The Bertz CT molecular complexity index is 1090. The average molecular weight is 493 g/mol. The first kappa shape index (κ1) is 25.7. The molecule has 2 heterocycles. The summed E-state index contributed by atoms with van der Waals surface area (Å²) in [5.41, 5.74) is 2.78. The van der Waals surface area contributed by atoms with E-state index in [2.05, 4.69) is 56.6 Å². The van der Waals surface area contributed by atoms with E-state index >= 15 is 0 Å². The zero-order valence-electron chi connectivity index (χ0n) is 23.4. The van der Waals surface area contributed by atoms with Gasteiger partial charge in [-0.05, 0) is 73.3 Å². The fourth-order valence-electron chi connectivity index (χ4n) is 8.51. The number of hydrogen-bond donors (Lipinski definition) is 1. The van der Waals surface area contributed by atoms with E-state index in [1.807, 2.05) is 6.07 Å². The van der Waals surface area contributed by atoms with Crippen molar-refractivity contribution in [3.63, 3.8) is 0 Å². The van der Waals surface area contributed by atoms with Crippen molar-refractivity contribution in [1.82, 2.24) is 14.6 Å². The van der Waals surface area contributed by atoms with Crippen LogP contribution in [0.2, 0.25) is 0 Å². The van der Waals surface area contributed by atoms with E-state index in [4.69, 9.17) is 10.1 Å². The molecule has 198 valence electrons. The highest BCUT2D eigenvalue weighted by Crippen LogP contribution is 2.76. The van der Waals surface area contributed by atoms with Crippen LogP contribution in [0.1, 0.15) is 124 Å². The van der Waals surface area contributed by atoms with Gasteiger partial charge in [0.15, 0.2) is 5.65 Å². The van der Waals surface area contributed by atoms with Gasteiger partial charge in [-0.15, -0.1) is 5.10 Å². The molecule has 0 radical (unpaired) electrons. The van der Waals surface area contributed by atoms with E-state index in [9.17, 15) is 4.79 Å². The quantitative estimate of drug-likeness (QED) is 0.445. The number of carbonyl (C=O) groups excluding carboxylic acids is 1. The predicted molar refractivity (Wildman–Crippen MR) is 147 cm³/mol. The van der Waals surface area contributed by atoms with Gasteiger partial charge in [-0.25, -0.2) is 4.52 Å². The minimum Gasteiger partial charge on any atom is -0.293 e. The second kappa shape index (κ2) is 9.76. The van der Waals surface area contributed by atoms with Crippen LogP contribution in [0.3, 0.4) is 0 Å². The second-order valence-electron chi connectivity index (χ2n) is 13.3. The third-order valence-electron chi connectivity index (χ3n) is 10.5. The van der Waals surface area contributed by atoms with E-state index in [1.54, 1.807) is 0 Å². The molecule has 0 aromatic carbocycles. The molecule has 4 saturated carbocycles. The summed E-state index contributed by atoms with van der Waals surface area (Å²) in [6.07, 6.45) is 16.5. The standard InChI is InChI=1S/C31H48N4O/c1-22(2)20-30-18-11-9-7-6-8-10-12-19-31(21-30,29(30,5)23(3)4)25-14-13-15-26-32-28(34-35(25)26)33-27(36)24-16-17-24/h13-15,22-24H,6-12,16-21H2,1-5H3,(H,33,34,36). The van der Waals surface area contributed by atoms with Gasteiger partial charge in [0.25, 0.3) is 0 Å². The summed E-state index contributed by atoms with van der Waals surface area (Å²) in [5.74, 6) is 1.95. The van der Waals surface area contributed by atoms with Crippen LogP contribution in [0.25, 0.3) is 5.65 Å². The summed E-state index contributed by atoms with van der Waals surface area (Å²) in [6.45, 7) is 12.4. The lowest BCUT2D eigenvalue weighted by Gasteiger charge is -2.74. The molecule has 2 bridgehead atoms. The number of carbonyl (C=O) groups is 1. The molecule has 5 nitrogen and oxygen atoms in total. The van der Waals surface area contributed by atoms with Crippen LogP contribution in [0, 0.1) is 28.6 Å². The smallest absolute Gasteiger partial charge is 0.249 e. The number of nitrogens with zero attached hydrogens (tertiary/aromatic N) is 3. The molecule has 5 heteroatoms. The summed E-state index contributed by atoms with van der Waals surface area (Å²) < 4.78 is 2.09. The minimum absolute atomic E-state index is 0.0697. The first-order valence-electron chi connectivity index (χ1n) is 14.9. The van der Waals surface area contributed by atoms with E-state index in [1.165, 1.54) is 76.3 Å². The maximum absolute atomic E-state index is 12.5. The Kier molecular flexibility index (Phi) is 6.97. The molecule has 6 rings (SSSR count). The molecule has 0 spiro atoms. The highest BCUT2D eigenvalue weighted by atomic mass is 16.2. The van der Waals surface area contributed by atoms with Gasteiger partial charge in [-0.1, -0.05) is 85.6 Å². The largest absolute Gasteiger partial charge is 0.293 e. The molecule has 3 unspecified atom stereocenters. The third kappa shape index (κ3) is 4.19. The fourth-order valence-corrected chi connectivity index (χ4v) is 8.51. The molecule has 0 aliphatic heterocycles. The maximum Gasteiger partial charge on any atom is 0.249 e. The molecule has 3 atom stereocenters. The Morgan fingerprint density at radius 3 is 2.33 bits per heavy atom. The van der Waals surface area contributed by atoms with Gasteiger partial charge >= 0.3 is 0 Å². The van der Waals surface area contributed by atoms with Crippen molar-refractivity contribution in [3.05, 3.63) is 23.9 Å². The maximum atomic E-state index is 12.5. The Morgan fingerprint density at radius 2 is 1.69 bits per heavy atom. The fraction of sp³-hybridized carbons (Fsp3) is 0.774. The van der Waals surface area contributed by atoms with Crippen molar-refractivity contribution in [1.29, 1.82) is 0 Å². The predicted octanol–water partition coefficient (Wildman–Crippen LogP) is 7.94. The van der Waals surface area contributed by atoms with Gasteiger partial charge in [-0.2, -0.15) is 4.98 Å². The van der Waals surface area contributed by atoms with Crippen LogP contribution in [-0.4, -0.2) is 20.5 Å². The summed E-state index contributed by atoms with van der Waals surface area (Å²) >= 11 is 0. The van der Waals surface area contributed by atoms with Crippen molar-refractivity contribution in [2.75, 3.05) is 5.32 Å². The molecule has 0 saturated heterocycles. The first-order chi connectivity index (χ1) is 17.2. The zero-order valence-corrected chi connectivity index (χ0v) is 23.4. The van der Waals surface area contributed by atoms with Crippen LogP contribution in [0.5, 0.6) is 0 Å². The Morgan fingerprint density at radius 1 is 1.03 bits per heavy atom. The molecule has 2 aromatic rings. The molecule has 1 amide bonds. The van der Waals surface area contributed by atoms with Crippen molar-refractivity contribution in [3.8, 4) is 0 Å². The van der Waals surface area contributed by atoms with Gasteiger partial charge < -0.3 is 0 Å². The molecule has 36 heavy (non-hydrogen) atoms. The van der Waals surface area contributed by atoms with Crippen molar-refractivity contribution >= 4 is 17.5 Å². The van der Waals surface area contributed by atoms with E-state index in [0.717, 1.165) is 18.5 Å².